The summed E-state index contributed by atoms with van der Waals surface area (Å²) < 4.78 is 0. The van der Waals surface area contributed by atoms with Crippen molar-refractivity contribution in [1.29, 1.82) is 0 Å². The molecular formula is C63H121NO3. The molecule has 0 spiro atoms. The van der Waals surface area contributed by atoms with Crippen molar-refractivity contribution in [2.24, 2.45) is 0 Å². The van der Waals surface area contributed by atoms with Crippen LogP contribution in [0.2, 0.25) is 0 Å². The number of aliphatic hydroxyl groups excluding tert-OH is 2. The van der Waals surface area contributed by atoms with Crippen LogP contribution in [0.3, 0.4) is 0 Å². The summed E-state index contributed by atoms with van der Waals surface area (Å²) in [5.41, 5.74) is 0. The van der Waals surface area contributed by atoms with Crippen LogP contribution >= 0.6 is 0 Å². The lowest BCUT2D eigenvalue weighted by atomic mass is 10.0. The van der Waals surface area contributed by atoms with E-state index in [9.17, 15) is 15.0 Å². The molecule has 0 aliphatic carbocycles. The third-order valence-corrected chi connectivity index (χ3v) is 14.4. The summed E-state index contributed by atoms with van der Waals surface area (Å²) in [6, 6.07) is -0.620. The van der Waals surface area contributed by atoms with Gasteiger partial charge in [-0.25, -0.2) is 0 Å². The van der Waals surface area contributed by atoms with Crippen LogP contribution in [0.4, 0.5) is 0 Å². The predicted octanol–water partition coefficient (Wildman–Crippen LogP) is 20.4. The third-order valence-electron chi connectivity index (χ3n) is 14.4. The Bertz CT molecular complexity index is 1020. The molecule has 396 valence electrons. The predicted molar refractivity (Wildman–Crippen MR) is 299 cm³/mol. The van der Waals surface area contributed by atoms with Crippen molar-refractivity contribution in [2.75, 3.05) is 6.61 Å². The molecule has 0 bridgehead atoms. The maximum Gasteiger partial charge on any atom is 0.220 e. The van der Waals surface area contributed by atoms with Crippen LogP contribution in [-0.4, -0.2) is 34.9 Å². The average molecular weight is 941 g/mol. The summed E-state index contributed by atoms with van der Waals surface area (Å²) in [5.74, 6) is -0.0571. The topological polar surface area (TPSA) is 69.6 Å². The zero-order valence-electron chi connectivity index (χ0n) is 45.7. The molecule has 0 heterocycles. The Balaban J connectivity index is 3.40. The highest BCUT2D eigenvalue weighted by Gasteiger charge is 2.18. The SMILES string of the molecule is CCCCCCC/C=C\C/C=C\CCCCCCCCCCCCCCCCCCCCCCCCCCCC(=O)NC(CO)C(O)/C=C/CCCCCCCCCCCCCCCCCC. The minimum atomic E-state index is -0.837. The summed E-state index contributed by atoms with van der Waals surface area (Å²) in [5, 5.41) is 23.2. The van der Waals surface area contributed by atoms with Gasteiger partial charge in [0, 0.05) is 6.42 Å². The van der Waals surface area contributed by atoms with E-state index in [1.54, 1.807) is 6.08 Å². The van der Waals surface area contributed by atoms with Crippen molar-refractivity contribution in [3.05, 3.63) is 36.5 Å². The van der Waals surface area contributed by atoms with E-state index < -0.39 is 12.1 Å². The Kier molecular flexibility index (Phi) is 57.7. The molecular weight excluding hydrogens is 819 g/mol. The number of rotatable bonds is 57. The number of aliphatic hydroxyl groups is 2. The molecule has 0 aromatic heterocycles. The Morgan fingerprint density at radius 3 is 0.896 bits per heavy atom. The van der Waals surface area contributed by atoms with Crippen LogP contribution in [0.15, 0.2) is 36.5 Å². The van der Waals surface area contributed by atoms with Crippen molar-refractivity contribution in [1.82, 2.24) is 5.32 Å². The molecule has 67 heavy (non-hydrogen) atoms. The van der Waals surface area contributed by atoms with Gasteiger partial charge in [0.25, 0.3) is 0 Å². The lowest BCUT2D eigenvalue weighted by Crippen LogP contribution is -2.45. The van der Waals surface area contributed by atoms with E-state index in [4.69, 9.17) is 0 Å². The third kappa shape index (κ3) is 55.4. The molecule has 0 rings (SSSR count). The molecule has 0 fully saturated rings. The maximum atomic E-state index is 12.5. The van der Waals surface area contributed by atoms with Crippen LogP contribution in [0, 0.1) is 0 Å². The quantitative estimate of drug-likeness (QED) is 0.0420. The fraction of sp³-hybridized carbons (Fsp3) is 0.889. The number of carbonyl (C=O) groups excluding carboxylic acids is 1. The fourth-order valence-electron chi connectivity index (χ4n) is 9.68. The number of carbonyl (C=O) groups is 1. The summed E-state index contributed by atoms with van der Waals surface area (Å²) in [6.45, 7) is 4.33. The van der Waals surface area contributed by atoms with Gasteiger partial charge in [-0.1, -0.05) is 320 Å². The first-order chi connectivity index (χ1) is 33.2. The van der Waals surface area contributed by atoms with Gasteiger partial charge < -0.3 is 15.5 Å². The van der Waals surface area contributed by atoms with Crippen LogP contribution in [-0.2, 0) is 4.79 Å². The number of allylic oxidation sites excluding steroid dienone is 5. The van der Waals surface area contributed by atoms with E-state index in [0.29, 0.717) is 6.42 Å². The van der Waals surface area contributed by atoms with E-state index in [1.165, 1.54) is 289 Å². The van der Waals surface area contributed by atoms with Gasteiger partial charge in [0.2, 0.25) is 5.91 Å². The first kappa shape index (κ1) is 65.6. The maximum absolute atomic E-state index is 12.5. The lowest BCUT2D eigenvalue weighted by molar-refractivity contribution is -0.123. The number of unbranched alkanes of at least 4 members (excludes halogenated alkanes) is 46. The normalized spacial score (nSPS) is 13.0. The molecule has 0 aliphatic rings. The fourth-order valence-corrected chi connectivity index (χ4v) is 9.68. The molecule has 0 radical (unpaired) electrons. The molecule has 0 saturated heterocycles. The van der Waals surface area contributed by atoms with E-state index in [1.807, 2.05) is 6.08 Å². The largest absolute Gasteiger partial charge is 0.394 e. The van der Waals surface area contributed by atoms with Crippen LogP contribution in [0.25, 0.3) is 0 Å². The second kappa shape index (κ2) is 58.9. The Labute approximate surface area is 421 Å². The molecule has 2 unspecified atom stereocenters. The van der Waals surface area contributed by atoms with Crippen LogP contribution < -0.4 is 5.32 Å². The van der Waals surface area contributed by atoms with Crippen LogP contribution in [0.1, 0.15) is 341 Å². The Morgan fingerprint density at radius 1 is 0.358 bits per heavy atom. The second-order valence-corrected chi connectivity index (χ2v) is 21.1. The smallest absolute Gasteiger partial charge is 0.220 e. The number of hydrogen-bond donors (Lipinski definition) is 3. The Morgan fingerprint density at radius 2 is 0.612 bits per heavy atom. The molecule has 0 aromatic carbocycles. The van der Waals surface area contributed by atoms with Crippen molar-refractivity contribution < 1.29 is 15.0 Å². The zero-order chi connectivity index (χ0) is 48.5. The molecule has 0 aromatic rings. The van der Waals surface area contributed by atoms with Crippen LogP contribution in [0.5, 0.6) is 0 Å². The summed E-state index contributed by atoms with van der Waals surface area (Å²) >= 11 is 0. The highest BCUT2D eigenvalue weighted by molar-refractivity contribution is 5.76. The second-order valence-electron chi connectivity index (χ2n) is 21.1. The van der Waals surface area contributed by atoms with Gasteiger partial charge >= 0.3 is 0 Å². The molecule has 4 nitrogen and oxygen atoms in total. The van der Waals surface area contributed by atoms with E-state index >= 15 is 0 Å². The van der Waals surface area contributed by atoms with Gasteiger partial charge in [-0.2, -0.15) is 0 Å². The zero-order valence-corrected chi connectivity index (χ0v) is 45.7. The van der Waals surface area contributed by atoms with Crippen molar-refractivity contribution in [2.45, 2.75) is 353 Å². The summed E-state index contributed by atoms with van der Waals surface area (Å²) in [6.07, 6.45) is 80.5. The Hall–Kier alpha value is -1.39. The minimum absolute atomic E-state index is 0.0571. The highest BCUT2D eigenvalue weighted by Crippen LogP contribution is 2.18. The van der Waals surface area contributed by atoms with Gasteiger partial charge in [-0.15, -0.1) is 0 Å². The van der Waals surface area contributed by atoms with Gasteiger partial charge in [0.05, 0.1) is 18.8 Å². The van der Waals surface area contributed by atoms with E-state index in [0.717, 1.165) is 32.1 Å². The number of nitrogens with one attached hydrogen (secondary N) is 1. The van der Waals surface area contributed by atoms with Crippen molar-refractivity contribution >= 4 is 5.91 Å². The lowest BCUT2D eigenvalue weighted by Gasteiger charge is -2.20. The minimum Gasteiger partial charge on any atom is -0.394 e. The van der Waals surface area contributed by atoms with E-state index in [2.05, 4.69) is 43.5 Å². The molecule has 4 heteroatoms. The van der Waals surface area contributed by atoms with Crippen molar-refractivity contribution in [3.8, 4) is 0 Å². The first-order valence-electron chi connectivity index (χ1n) is 30.7. The summed E-state index contributed by atoms with van der Waals surface area (Å²) in [7, 11) is 0. The molecule has 0 saturated carbocycles. The molecule has 1 amide bonds. The van der Waals surface area contributed by atoms with E-state index in [-0.39, 0.29) is 12.5 Å². The van der Waals surface area contributed by atoms with Crippen molar-refractivity contribution in [3.63, 3.8) is 0 Å². The standard InChI is InChI=1S/C63H121NO3/c1-3-5-7-9-11-13-15-17-19-21-23-24-25-26-27-28-29-30-31-32-33-34-35-36-37-38-39-40-41-43-45-47-49-51-53-55-57-59-63(67)64-61(60-65)62(66)58-56-54-52-50-48-46-44-42-22-20-18-16-14-12-10-8-6-4-2/h15,17,21,23,56,58,61-62,65-66H,3-14,16,18-20,22,24-55,57,59-60H2,1-2H3,(H,64,67)/b17-15-,23-21-,58-56+. The highest BCUT2D eigenvalue weighted by atomic mass is 16.3. The monoisotopic (exact) mass is 940 g/mol. The number of hydrogen-bond acceptors (Lipinski definition) is 3. The molecule has 0 aliphatic heterocycles. The summed E-state index contributed by atoms with van der Waals surface area (Å²) in [4.78, 5) is 12.5. The van der Waals surface area contributed by atoms with Gasteiger partial charge in [-0.05, 0) is 51.4 Å². The average Bonchev–Trinajstić information content (AvgIpc) is 3.33. The first-order valence-corrected chi connectivity index (χ1v) is 30.7. The molecule has 3 N–H and O–H groups in total. The van der Waals surface area contributed by atoms with Gasteiger partial charge in [-0.3, -0.25) is 4.79 Å². The van der Waals surface area contributed by atoms with Gasteiger partial charge in [0.1, 0.15) is 0 Å². The molecule has 2 atom stereocenters. The number of amides is 1. The van der Waals surface area contributed by atoms with Gasteiger partial charge in [0.15, 0.2) is 0 Å².